The predicted molar refractivity (Wildman–Crippen MR) is 113 cm³/mol. The molecule has 0 aliphatic rings. The van der Waals surface area contributed by atoms with E-state index in [1.165, 1.54) is 11.8 Å². The lowest BCUT2D eigenvalue weighted by Crippen LogP contribution is -2.12. The molecule has 0 fully saturated rings. The van der Waals surface area contributed by atoms with Gasteiger partial charge in [-0.1, -0.05) is 36.0 Å². The fourth-order valence-corrected chi connectivity index (χ4v) is 3.78. The molecule has 148 valence electrons. The highest BCUT2D eigenvalue weighted by Crippen LogP contribution is 2.28. The minimum atomic E-state index is -0.295. The molecule has 0 saturated carbocycles. The van der Waals surface area contributed by atoms with E-state index >= 15 is 0 Å². The van der Waals surface area contributed by atoms with E-state index < -0.39 is 0 Å². The van der Waals surface area contributed by atoms with Crippen LogP contribution in [-0.4, -0.2) is 21.9 Å². The summed E-state index contributed by atoms with van der Waals surface area (Å²) in [5.41, 5.74) is 1.64. The zero-order chi connectivity index (χ0) is 20.6. The van der Waals surface area contributed by atoms with Gasteiger partial charge in [0.2, 0.25) is 0 Å². The number of hydrogen-bond acceptors (Lipinski definition) is 6. The fraction of sp³-hybridized carbons (Fsp3) is 0.227. The predicted octanol–water partition coefficient (Wildman–Crippen LogP) is 4.78. The van der Waals surface area contributed by atoms with E-state index in [-0.39, 0.29) is 6.10 Å². The van der Waals surface area contributed by atoms with Crippen molar-refractivity contribution in [1.82, 2.24) is 14.8 Å². The largest absolute Gasteiger partial charge is 0.497 e. The lowest BCUT2D eigenvalue weighted by molar-refractivity contribution is 0.210. The molecule has 1 unspecified atom stereocenters. The molecule has 0 amide bonds. The minimum Gasteiger partial charge on any atom is -0.497 e. The van der Waals surface area contributed by atoms with E-state index in [9.17, 15) is 5.26 Å². The molecule has 1 atom stereocenters. The molecule has 0 radical (unpaired) electrons. The van der Waals surface area contributed by atoms with E-state index in [1.54, 1.807) is 13.2 Å². The molecule has 7 heteroatoms. The van der Waals surface area contributed by atoms with Crippen LogP contribution in [-0.2, 0) is 12.3 Å². The van der Waals surface area contributed by atoms with E-state index in [0.717, 1.165) is 28.0 Å². The fourth-order valence-electron chi connectivity index (χ4n) is 2.82. The topological polar surface area (TPSA) is 73.0 Å². The Balaban J connectivity index is 1.76. The Labute approximate surface area is 174 Å². The van der Waals surface area contributed by atoms with Crippen molar-refractivity contribution in [2.45, 2.75) is 30.5 Å². The molecule has 0 spiro atoms. The first-order chi connectivity index (χ1) is 14.2. The van der Waals surface area contributed by atoms with Gasteiger partial charge in [0.15, 0.2) is 17.1 Å². The van der Waals surface area contributed by atoms with Gasteiger partial charge < -0.3 is 9.47 Å². The second-order valence-corrected chi connectivity index (χ2v) is 7.18. The van der Waals surface area contributed by atoms with Crippen molar-refractivity contribution in [2.24, 2.45) is 0 Å². The summed E-state index contributed by atoms with van der Waals surface area (Å²) in [5, 5.41) is 18.7. The maximum absolute atomic E-state index is 9.27. The summed E-state index contributed by atoms with van der Waals surface area (Å²) in [6.45, 7) is 6.35. The van der Waals surface area contributed by atoms with Gasteiger partial charge in [-0.3, -0.25) is 4.57 Å². The third-order valence-electron chi connectivity index (χ3n) is 4.29. The highest BCUT2D eigenvalue weighted by molar-refractivity contribution is 7.98. The first kappa shape index (κ1) is 20.5. The summed E-state index contributed by atoms with van der Waals surface area (Å²) in [6.07, 6.45) is 1.51. The van der Waals surface area contributed by atoms with E-state index in [4.69, 9.17) is 9.47 Å². The van der Waals surface area contributed by atoms with Crippen LogP contribution in [0.25, 0.3) is 0 Å². The van der Waals surface area contributed by atoms with Crippen LogP contribution in [0.2, 0.25) is 0 Å². The summed E-state index contributed by atoms with van der Waals surface area (Å²) in [7, 11) is 1.63. The van der Waals surface area contributed by atoms with Gasteiger partial charge in [0.05, 0.1) is 18.7 Å². The van der Waals surface area contributed by atoms with Gasteiger partial charge in [0, 0.05) is 12.3 Å². The second kappa shape index (κ2) is 9.80. The first-order valence-corrected chi connectivity index (χ1v) is 10.1. The normalized spacial score (nSPS) is 11.5. The number of nitriles is 1. The smallest absolute Gasteiger partial charge is 0.191 e. The molecule has 3 aromatic rings. The van der Waals surface area contributed by atoms with Crippen molar-refractivity contribution < 1.29 is 9.47 Å². The van der Waals surface area contributed by atoms with Crippen LogP contribution in [0.4, 0.5) is 0 Å². The van der Waals surface area contributed by atoms with Gasteiger partial charge in [-0.05, 0) is 42.8 Å². The Morgan fingerprint density at radius 1 is 1.17 bits per heavy atom. The van der Waals surface area contributed by atoms with E-state index in [2.05, 4.69) is 22.8 Å². The molecule has 6 nitrogen and oxygen atoms in total. The molecule has 0 aliphatic heterocycles. The van der Waals surface area contributed by atoms with Crippen LogP contribution in [0, 0.1) is 11.3 Å². The number of nitrogens with zero attached hydrogens (tertiary/aromatic N) is 4. The Hall–Kier alpha value is -3.24. The summed E-state index contributed by atoms with van der Waals surface area (Å²) in [4.78, 5) is 0. The van der Waals surface area contributed by atoms with Gasteiger partial charge in [-0.15, -0.1) is 16.8 Å². The summed E-state index contributed by atoms with van der Waals surface area (Å²) < 4.78 is 13.2. The molecule has 1 heterocycles. The Bertz CT molecular complexity index is 1010. The summed E-state index contributed by atoms with van der Waals surface area (Å²) >= 11 is 1.54. The Morgan fingerprint density at radius 3 is 2.59 bits per heavy atom. The lowest BCUT2D eigenvalue weighted by atomic mass is 10.1. The van der Waals surface area contributed by atoms with Gasteiger partial charge >= 0.3 is 0 Å². The molecule has 0 aliphatic carbocycles. The molecule has 1 aromatic heterocycles. The Kier molecular flexibility index (Phi) is 6.93. The van der Waals surface area contributed by atoms with E-state index in [1.807, 2.05) is 60.0 Å². The molecule has 2 aromatic carbocycles. The third-order valence-corrected chi connectivity index (χ3v) is 5.30. The zero-order valence-electron chi connectivity index (χ0n) is 16.4. The number of aromatic nitrogens is 3. The molecule has 3 rings (SSSR count). The molecular weight excluding hydrogens is 384 g/mol. The van der Waals surface area contributed by atoms with Crippen molar-refractivity contribution in [3.63, 3.8) is 0 Å². The zero-order valence-corrected chi connectivity index (χ0v) is 17.2. The molecule has 29 heavy (non-hydrogen) atoms. The van der Waals surface area contributed by atoms with Crippen molar-refractivity contribution in [3.8, 4) is 17.6 Å². The second-order valence-electron chi connectivity index (χ2n) is 6.23. The van der Waals surface area contributed by atoms with Crippen LogP contribution in [0.5, 0.6) is 11.5 Å². The number of hydrogen-bond donors (Lipinski definition) is 0. The summed E-state index contributed by atoms with van der Waals surface area (Å²) in [6, 6.07) is 17.2. The third kappa shape index (κ3) is 4.98. The van der Waals surface area contributed by atoms with Crippen LogP contribution < -0.4 is 9.47 Å². The summed E-state index contributed by atoms with van der Waals surface area (Å²) in [5.74, 6) is 2.85. The van der Waals surface area contributed by atoms with Crippen LogP contribution in [0.1, 0.15) is 30.0 Å². The van der Waals surface area contributed by atoms with Crippen molar-refractivity contribution in [3.05, 3.63) is 78.1 Å². The molecule has 0 N–H and O–H groups in total. The SMILES string of the molecule is C=CCn1c(SCc2ccccc2C#N)nnc1C(C)Oc1ccc(OC)cc1. The highest BCUT2D eigenvalue weighted by Gasteiger charge is 2.19. The van der Waals surface area contributed by atoms with Crippen LogP contribution in [0.15, 0.2) is 66.3 Å². The van der Waals surface area contributed by atoms with Crippen LogP contribution >= 0.6 is 11.8 Å². The van der Waals surface area contributed by atoms with Crippen molar-refractivity contribution in [2.75, 3.05) is 7.11 Å². The number of allylic oxidation sites excluding steroid dienone is 1. The van der Waals surface area contributed by atoms with Gasteiger partial charge in [0.25, 0.3) is 0 Å². The van der Waals surface area contributed by atoms with Crippen LogP contribution in [0.3, 0.4) is 0 Å². The number of rotatable bonds is 9. The average Bonchev–Trinajstić information content (AvgIpc) is 3.16. The lowest BCUT2D eigenvalue weighted by Gasteiger charge is -2.16. The molecular formula is C22H22N4O2S. The van der Waals surface area contributed by atoms with Crippen molar-refractivity contribution in [1.29, 1.82) is 5.26 Å². The molecule has 0 bridgehead atoms. The Morgan fingerprint density at radius 2 is 1.90 bits per heavy atom. The highest BCUT2D eigenvalue weighted by atomic mass is 32.2. The van der Waals surface area contributed by atoms with E-state index in [0.29, 0.717) is 17.9 Å². The van der Waals surface area contributed by atoms with Gasteiger partial charge in [0.1, 0.15) is 11.5 Å². The maximum atomic E-state index is 9.27. The quantitative estimate of drug-likeness (QED) is 0.376. The minimum absolute atomic E-state index is 0.295. The van der Waals surface area contributed by atoms with Gasteiger partial charge in [-0.2, -0.15) is 5.26 Å². The number of benzene rings is 2. The standard InChI is InChI=1S/C22H22N4O2S/c1-4-13-26-21(16(2)28-20-11-9-19(27-3)10-12-20)24-25-22(26)29-15-18-8-6-5-7-17(18)14-23/h4-12,16H,1,13,15H2,2-3H3. The number of thioether (sulfide) groups is 1. The van der Waals surface area contributed by atoms with Gasteiger partial charge in [-0.25, -0.2) is 0 Å². The molecule has 0 saturated heterocycles. The monoisotopic (exact) mass is 406 g/mol. The van der Waals surface area contributed by atoms with Crippen molar-refractivity contribution >= 4 is 11.8 Å². The maximum Gasteiger partial charge on any atom is 0.191 e. The average molecular weight is 407 g/mol. The number of ether oxygens (including phenoxy) is 2. The number of methoxy groups -OCH3 is 1. The first-order valence-electron chi connectivity index (χ1n) is 9.11.